The number of carbonyl (C=O) groups is 1. The summed E-state index contributed by atoms with van der Waals surface area (Å²) >= 11 is 5.62. The minimum Gasteiger partial charge on any atom is -0.349 e. The van der Waals surface area contributed by atoms with Crippen molar-refractivity contribution >= 4 is 27.5 Å². The van der Waals surface area contributed by atoms with E-state index in [0.717, 1.165) is 25.0 Å². The number of sulfonamides is 1. The van der Waals surface area contributed by atoms with Crippen LogP contribution in [0.5, 0.6) is 0 Å². The van der Waals surface area contributed by atoms with Gasteiger partial charge in [-0.15, -0.1) is 0 Å². The molecule has 8 heteroatoms. The normalized spacial score (nSPS) is 22.2. The molecule has 1 fully saturated rings. The average Bonchev–Trinajstić information content (AvgIpc) is 2.24. The Kier molecular flexibility index (Phi) is 4.04. The second-order valence-corrected chi connectivity index (χ2v) is 6.99. The summed E-state index contributed by atoms with van der Waals surface area (Å²) in [5, 5.41) is 7.26. The van der Waals surface area contributed by atoms with Crippen LogP contribution in [0.15, 0.2) is 17.0 Å². The van der Waals surface area contributed by atoms with Crippen molar-refractivity contribution in [3.05, 3.63) is 28.5 Å². The third-order valence-electron chi connectivity index (χ3n) is 3.28. The Morgan fingerprint density at radius 1 is 1.45 bits per heavy atom. The summed E-state index contributed by atoms with van der Waals surface area (Å²) < 4.78 is 36.4. The maximum atomic E-state index is 13.7. The van der Waals surface area contributed by atoms with Crippen LogP contribution in [0.25, 0.3) is 0 Å². The lowest BCUT2D eigenvalue weighted by Gasteiger charge is -2.33. The summed E-state index contributed by atoms with van der Waals surface area (Å²) in [6.45, 7) is 2.05. The fourth-order valence-corrected chi connectivity index (χ4v) is 3.29. The molecule has 0 aromatic heterocycles. The molecule has 2 rings (SSSR count). The van der Waals surface area contributed by atoms with Gasteiger partial charge in [-0.1, -0.05) is 18.5 Å². The van der Waals surface area contributed by atoms with E-state index in [4.69, 9.17) is 16.7 Å². The van der Waals surface area contributed by atoms with E-state index in [9.17, 15) is 17.6 Å². The summed E-state index contributed by atoms with van der Waals surface area (Å²) in [7, 11) is -4.11. The van der Waals surface area contributed by atoms with Crippen LogP contribution in [0, 0.1) is 11.7 Å². The number of amides is 1. The molecule has 0 saturated heterocycles. The Bertz CT molecular complexity index is 657. The molecule has 0 bridgehead atoms. The summed E-state index contributed by atoms with van der Waals surface area (Å²) in [6, 6.07) is 1.63. The largest absolute Gasteiger partial charge is 0.349 e. The summed E-state index contributed by atoms with van der Waals surface area (Å²) in [6.07, 6.45) is 1.64. The van der Waals surface area contributed by atoms with Gasteiger partial charge in [0, 0.05) is 6.04 Å². The SMILES string of the molecule is CC1CC(NC(=O)c2cc(S(N)(=O)=O)c(Cl)cc2F)C1. The summed E-state index contributed by atoms with van der Waals surface area (Å²) in [5.74, 6) is -1.02. The highest BCUT2D eigenvalue weighted by Crippen LogP contribution is 2.28. The predicted molar refractivity (Wildman–Crippen MR) is 72.4 cm³/mol. The number of primary sulfonamides is 1. The van der Waals surface area contributed by atoms with E-state index in [1.165, 1.54) is 0 Å². The van der Waals surface area contributed by atoms with E-state index in [-0.39, 0.29) is 16.6 Å². The smallest absolute Gasteiger partial charge is 0.254 e. The molecule has 0 heterocycles. The molecule has 110 valence electrons. The van der Waals surface area contributed by atoms with Crippen LogP contribution >= 0.6 is 11.6 Å². The maximum absolute atomic E-state index is 13.7. The molecule has 1 aromatic carbocycles. The van der Waals surface area contributed by atoms with Gasteiger partial charge in [-0.05, 0) is 30.9 Å². The highest BCUT2D eigenvalue weighted by molar-refractivity contribution is 7.89. The summed E-state index contributed by atoms with van der Waals surface area (Å²) in [4.78, 5) is 11.5. The lowest BCUT2D eigenvalue weighted by molar-refractivity contribution is 0.0891. The molecular weight excluding hydrogens is 307 g/mol. The van der Waals surface area contributed by atoms with Crippen LogP contribution in [0.3, 0.4) is 0 Å². The maximum Gasteiger partial charge on any atom is 0.254 e. The first kappa shape index (κ1) is 15.2. The van der Waals surface area contributed by atoms with E-state index in [2.05, 4.69) is 5.32 Å². The summed E-state index contributed by atoms with van der Waals surface area (Å²) in [5.41, 5.74) is -0.377. The van der Waals surface area contributed by atoms with Crippen molar-refractivity contribution in [2.75, 3.05) is 0 Å². The fourth-order valence-electron chi connectivity index (χ4n) is 2.20. The Morgan fingerprint density at radius 2 is 2.05 bits per heavy atom. The highest BCUT2D eigenvalue weighted by atomic mass is 35.5. The molecule has 5 nitrogen and oxygen atoms in total. The van der Waals surface area contributed by atoms with Crippen molar-refractivity contribution in [3.63, 3.8) is 0 Å². The van der Waals surface area contributed by atoms with Crippen LogP contribution in [0.2, 0.25) is 5.02 Å². The van der Waals surface area contributed by atoms with Crippen molar-refractivity contribution in [2.24, 2.45) is 11.1 Å². The van der Waals surface area contributed by atoms with Crippen molar-refractivity contribution in [2.45, 2.75) is 30.7 Å². The van der Waals surface area contributed by atoms with Gasteiger partial charge in [-0.25, -0.2) is 17.9 Å². The lowest BCUT2D eigenvalue weighted by Crippen LogP contribution is -2.43. The van der Waals surface area contributed by atoms with Crippen molar-refractivity contribution in [1.29, 1.82) is 0 Å². The Morgan fingerprint density at radius 3 is 2.55 bits per heavy atom. The first-order valence-electron chi connectivity index (χ1n) is 6.01. The number of rotatable bonds is 3. The van der Waals surface area contributed by atoms with Crippen LogP contribution < -0.4 is 10.5 Å². The van der Waals surface area contributed by atoms with E-state index in [1.807, 2.05) is 6.92 Å². The molecule has 0 atom stereocenters. The third-order valence-corrected chi connectivity index (χ3v) is 4.66. The van der Waals surface area contributed by atoms with Crippen LogP contribution in [-0.4, -0.2) is 20.4 Å². The fraction of sp³-hybridized carbons (Fsp3) is 0.417. The van der Waals surface area contributed by atoms with Crippen LogP contribution in [0.4, 0.5) is 4.39 Å². The van der Waals surface area contributed by atoms with E-state index in [0.29, 0.717) is 5.92 Å². The van der Waals surface area contributed by atoms with Gasteiger partial charge in [0.2, 0.25) is 10.0 Å². The first-order chi connectivity index (χ1) is 9.18. The molecular formula is C12H14ClFN2O3S. The van der Waals surface area contributed by atoms with Crippen molar-refractivity contribution in [3.8, 4) is 0 Å². The van der Waals surface area contributed by atoms with Crippen molar-refractivity contribution in [1.82, 2.24) is 5.32 Å². The standard InChI is InChI=1S/C12H14ClFN2O3S/c1-6-2-7(3-6)16-12(17)8-4-11(20(15,18)19)9(13)5-10(8)14/h4-7H,2-3H2,1H3,(H,16,17)(H2,15,18,19). The second-order valence-electron chi connectivity index (χ2n) is 5.05. The van der Waals surface area contributed by atoms with E-state index >= 15 is 0 Å². The molecule has 1 amide bonds. The molecule has 0 unspecified atom stereocenters. The highest BCUT2D eigenvalue weighted by Gasteiger charge is 2.28. The zero-order valence-corrected chi connectivity index (χ0v) is 12.3. The van der Waals surface area contributed by atoms with Crippen LogP contribution in [-0.2, 0) is 10.0 Å². The number of benzene rings is 1. The van der Waals surface area contributed by atoms with Gasteiger partial charge in [0.05, 0.1) is 10.6 Å². The van der Waals surface area contributed by atoms with Crippen molar-refractivity contribution < 1.29 is 17.6 Å². The first-order valence-corrected chi connectivity index (χ1v) is 7.93. The van der Waals surface area contributed by atoms with E-state index < -0.39 is 26.6 Å². The molecule has 0 spiro atoms. The number of hydrogen-bond acceptors (Lipinski definition) is 3. The van der Waals surface area contributed by atoms with Gasteiger partial charge >= 0.3 is 0 Å². The van der Waals surface area contributed by atoms with Gasteiger partial charge in [0.15, 0.2) is 0 Å². The molecule has 1 aliphatic carbocycles. The Labute approximate surface area is 121 Å². The topological polar surface area (TPSA) is 89.3 Å². The number of nitrogens with two attached hydrogens (primary N) is 1. The zero-order chi connectivity index (χ0) is 15.1. The monoisotopic (exact) mass is 320 g/mol. The quantitative estimate of drug-likeness (QED) is 0.887. The van der Waals surface area contributed by atoms with Gasteiger partial charge < -0.3 is 5.32 Å². The molecule has 0 radical (unpaired) electrons. The Balaban J connectivity index is 2.29. The van der Waals surface area contributed by atoms with Gasteiger partial charge in [0.25, 0.3) is 5.91 Å². The van der Waals surface area contributed by atoms with Crippen LogP contribution in [0.1, 0.15) is 30.1 Å². The lowest BCUT2D eigenvalue weighted by atomic mass is 9.82. The second kappa shape index (κ2) is 5.31. The molecule has 1 aromatic rings. The number of halogens is 2. The predicted octanol–water partition coefficient (Wildman–Crippen LogP) is 1.65. The number of nitrogens with one attached hydrogen (secondary N) is 1. The zero-order valence-electron chi connectivity index (χ0n) is 10.7. The number of hydrogen-bond donors (Lipinski definition) is 2. The van der Waals surface area contributed by atoms with Gasteiger partial charge in [-0.3, -0.25) is 4.79 Å². The Hall–Kier alpha value is -1.18. The molecule has 20 heavy (non-hydrogen) atoms. The molecule has 1 aliphatic rings. The molecule has 1 saturated carbocycles. The van der Waals surface area contributed by atoms with E-state index in [1.54, 1.807) is 0 Å². The minimum absolute atomic E-state index is 0.00879. The minimum atomic E-state index is -4.11. The molecule has 0 aliphatic heterocycles. The number of carbonyl (C=O) groups excluding carboxylic acids is 1. The molecule has 3 N–H and O–H groups in total. The van der Waals surface area contributed by atoms with Gasteiger partial charge in [-0.2, -0.15) is 0 Å². The average molecular weight is 321 g/mol. The third kappa shape index (κ3) is 3.11. The van der Waals surface area contributed by atoms with Gasteiger partial charge in [0.1, 0.15) is 10.7 Å².